The fourth-order valence-electron chi connectivity index (χ4n) is 3.50. The minimum atomic E-state index is -1.05. The molecule has 30 heavy (non-hydrogen) atoms. The van der Waals surface area contributed by atoms with Gasteiger partial charge in [0.1, 0.15) is 23.6 Å². The molecule has 0 aliphatic carbocycles. The summed E-state index contributed by atoms with van der Waals surface area (Å²) in [5.41, 5.74) is 0.245. The summed E-state index contributed by atoms with van der Waals surface area (Å²) in [6.45, 7) is 2.33. The number of carbonyl (C=O) groups is 2. The lowest BCUT2D eigenvalue weighted by Crippen LogP contribution is -2.53. The summed E-state index contributed by atoms with van der Waals surface area (Å²) < 4.78 is 16.0. The quantitative estimate of drug-likeness (QED) is 0.727. The minimum absolute atomic E-state index is 0.149. The van der Waals surface area contributed by atoms with Gasteiger partial charge in [-0.05, 0) is 25.3 Å². The Hall–Kier alpha value is -2.93. The fraction of sp³-hybridized carbons (Fsp3) is 0.364. The van der Waals surface area contributed by atoms with Crippen LogP contribution in [0, 0.1) is 0 Å². The number of likely N-dealkylation sites (tertiary alicyclic amines) is 1. The number of anilines is 1. The molecule has 1 heterocycles. The lowest BCUT2D eigenvalue weighted by atomic mass is 9.97. The molecule has 0 bridgehead atoms. The number of benzene rings is 2. The van der Waals surface area contributed by atoms with Crippen molar-refractivity contribution in [2.75, 3.05) is 26.1 Å². The van der Waals surface area contributed by atoms with Crippen LogP contribution >= 0.6 is 11.6 Å². The number of amides is 2. The largest absolute Gasteiger partial charge is 0.495 e. The second-order valence-electron chi connectivity index (χ2n) is 7.21. The van der Waals surface area contributed by atoms with E-state index in [0.717, 1.165) is 5.56 Å². The van der Waals surface area contributed by atoms with E-state index < -0.39 is 11.6 Å². The molecule has 1 aliphatic rings. The van der Waals surface area contributed by atoms with Crippen LogP contribution in [0.1, 0.15) is 25.3 Å². The highest BCUT2D eigenvalue weighted by molar-refractivity contribution is 6.32. The van der Waals surface area contributed by atoms with Crippen LogP contribution < -0.4 is 14.8 Å². The monoisotopic (exact) mass is 432 g/mol. The Morgan fingerprint density at radius 3 is 2.50 bits per heavy atom. The lowest BCUT2D eigenvalue weighted by molar-refractivity contribution is -0.125. The van der Waals surface area contributed by atoms with Gasteiger partial charge >= 0.3 is 6.09 Å². The first-order chi connectivity index (χ1) is 14.4. The highest BCUT2D eigenvalue weighted by Gasteiger charge is 2.46. The molecule has 2 amide bonds. The highest BCUT2D eigenvalue weighted by Crippen LogP contribution is 2.38. The summed E-state index contributed by atoms with van der Waals surface area (Å²) in [6, 6.07) is 12.6. The zero-order valence-electron chi connectivity index (χ0n) is 17.2. The van der Waals surface area contributed by atoms with Crippen molar-refractivity contribution < 1.29 is 23.8 Å². The molecule has 7 nitrogen and oxygen atoms in total. The Morgan fingerprint density at radius 2 is 1.83 bits per heavy atom. The van der Waals surface area contributed by atoms with E-state index in [0.29, 0.717) is 41.6 Å². The number of nitrogens with zero attached hydrogens (tertiary/aromatic N) is 1. The Labute approximate surface area is 180 Å². The normalized spacial score (nSPS) is 18.1. The number of halogens is 1. The maximum Gasteiger partial charge on any atom is 0.410 e. The molecule has 2 aromatic carbocycles. The summed E-state index contributed by atoms with van der Waals surface area (Å²) >= 11 is 6.13. The van der Waals surface area contributed by atoms with Gasteiger partial charge in [-0.2, -0.15) is 0 Å². The van der Waals surface area contributed by atoms with Gasteiger partial charge in [0.05, 0.1) is 24.9 Å². The minimum Gasteiger partial charge on any atom is -0.495 e. The maximum atomic E-state index is 13.2. The van der Waals surface area contributed by atoms with E-state index >= 15 is 0 Å². The van der Waals surface area contributed by atoms with Gasteiger partial charge in [0, 0.05) is 18.7 Å². The molecule has 1 unspecified atom stereocenters. The molecule has 1 N–H and O–H groups in total. The maximum absolute atomic E-state index is 13.2. The summed E-state index contributed by atoms with van der Waals surface area (Å²) in [5, 5.41) is 3.22. The number of carbonyl (C=O) groups excluding carboxylic acids is 2. The van der Waals surface area contributed by atoms with Gasteiger partial charge in [-0.25, -0.2) is 4.79 Å². The first-order valence-electron chi connectivity index (χ1n) is 9.60. The van der Waals surface area contributed by atoms with Crippen LogP contribution in [0.5, 0.6) is 11.5 Å². The molecule has 0 radical (unpaired) electrons. The topological polar surface area (TPSA) is 77.1 Å². The highest BCUT2D eigenvalue weighted by atomic mass is 35.5. The van der Waals surface area contributed by atoms with Crippen molar-refractivity contribution in [1.82, 2.24) is 4.90 Å². The van der Waals surface area contributed by atoms with Gasteiger partial charge in [0.25, 0.3) is 0 Å². The van der Waals surface area contributed by atoms with Crippen molar-refractivity contribution in [3.05, 3.63) is 53.1 Å². The molecule has 0 spiro atoms. The number of hydrogen-bond donors (Lipinski definition) is 1. The van der Waals surface area contributed by atoms with Crippen molar-refractivity contribution in [3.8, 4) is 11.5 Å². The van der Waals surface area contributed by atoms with E-state index in [9.17, 15) is 9.59 Å². The molecule has 2 aromatic rings. The second-order valence-corrected chi connectivity index (χ2v) is 7.62. The van der Waals surface area contributed by atoms with E-state index in [1.807, 2.05) is 30.3 Å². The third-order valence-electron chi connectivity index (χ3n) is 5.28. The van der Waals surface area contributed by atoms with Gasteiger partial charge in [-0.1, -0.05) is 41.9 Å². The predicted octanol–water partition coefficient (Wildman–Crippen LogP) is 4.49. The summed E-state index contributed by atoms with van der Waals surface area (Å²) in [6.07, 6.45) is 0.701. The number of rotatable bonds is 6. The Kier molecular flexibility index (Phi) is 6.72. The van der Waals surface area contributed by atoms with Crippen molar-refractivity contribution in [2.45, 2.75) is 31.9 Å². The fourth-order valence-corrected chi connectivity index (χ4v) is 3.74. The van der Waals surface area contributed by atoms with Gasteiger partial charge in [-0.15, -0.1) is 0 Å². The van der Waals surface area contributed by atoms with Crippen molar-refractivity contribution in [1.29, 1.82) is 0 Å². The molecular formula is C22H25ClN2O5. The molecule has 160 valence electrons. The summed E-state index contributed by atoms with van der Waals surface area (Å²) in [4.78, 5) is 27.4. The first kappa shape index (κ1) is 21.8. The SMILES string of the molecule is COc1cc(NC(=O)C2(C)CCCN2C(=O)OCc2ccccc2)c(OC)cc1Cl. The number of ether oxygens (including phenoxy) is 3. The Balaban J connectivity index is 1.75. The lowest BCUT2D eigenvalue weighted by Gasteiger charge is -2.33. The van der Waals surface area contributed by atoms with Crippen molar-refractivity contribution in [2.24, 2.45) is 0 Å². The van der Waals surface area contributed by atoms with Gasteiger partial charge in [-0.3, -0.25) is 9.69 Å². The first-order valence-corrected chi connectivity index (χ1v) is 9.98. The zero-order valence-corrected chi connectivity index (χ0v) is 18.0. The Bertz CT molecular complexity index is 921. The van der Waals surface area contributed by atoms with Crippen LogP contribution in [-0.4, -0.2) is 43.2 Å². The van der Waals surface area contributed by atoms with Crippen LogP contribution in [0.25, 0.3) is 0 Å². The smallest absolute Gasteiger partial charge is 0.410 e. The number of hydrogen-bond acceptors (Lipinski definition) is 5. The number of nitrogens with one attached hydrogen (secondary N) is 1. The Morgan fingerprint density at radius 1 is 1.13 bits per heavy atom. The molecule has 8 heteroatoms. The molecule has 0 aromatic heterocycles. The molecule has 1 atom stereocenters. The molecular weight excluding hydrogens is 408 g/mol. The van der Waals surface area contributed by atoms with Crippen LogP contribution in [0.3, 0.4) is 0 Å². The van der Waals surface area contributed by atoms with Crippen molar-refractivity contribution in [3.63, 3.8) is 0 Å². The van der Waals surface area contributed by atoms with Crippen LogP contribution in [-0.2, 0) is 16.1 Å². The second kappa shape index (κ2) is 9.26. The third-order valence-corrected chi connectivity index (χ3v) is 5.57. The van der Waals surface area contributed by atoms with Crippen LogP contribution in [0.15, 0.2) is 42.5 Å². The molecule has 1 fully saturated rings. The van der Waals surface area contributed by atoms with E-state index in [4.69, 9.17) is 25.8 Å². The predicted molar refractivity (Wildman–Crippen MR) is 114 cm³/mol. The van der Waals surface area contributed by atoms with Gasteiger partial charge in [0.2, 0.25) is 5.91 Å². The summed E-state index contributed by atoms with van der Waals surface area (Å²) in [5.74, 6) is 0.469. The zero-order chi connectivity index (χ0) is 21.7. The van der Waals surface area contributed by atoms with Crippen LogP contribution in [0.4, 0.5) is 10.5 Å². The van der Waals surface area contributed by atoms with Crippen molar-refractivity contribution >= 4 is 29.3 Å². The van der Waals surface area contributed by atoms with Crippen LogP contribution in [0.2, 0.25) is 5.02 Å². The average molecular weight is 433 g/mol. The summed E-state index contributed by atoms with van der Waals surface area (Å²) in [7, 11) is 2.97. The third kappa shape index (κ3) is 4.46. The van der Waals surface area contributed by atoms with E-state index in [2.05, 4.69) is 5.32 Å². The van der Waals surface area contributed by atoms with E-state index in [1.165, 1.54) is 19.1 Å². The average Bonchev–Trinajstić information content (AvgIpc) is 3.16. The molecule has 1 saturated heterocycles. The van der Waals surface area contributed by atoms with E-state index in [1.54, 1.807) is 19.1 Å². The van der Waals surface area contributed by atoms with Gasteiger partial charge in [0.15, 0.2) is 0 Å². The molecule has 0 saturated carbocycles. The number of methoxy groups -OCH3 is 2. The molecule has 1 aliphatic heterocycles. The van der Waals surface area contributed by atoms with E-state index in [-0.39, 0.29) is 12.5 Å². The standard InChI is InChI=1S/C22H25ClN2O5/c1-22(20(26)24-17-13-18(28-2)16(23)12-19(17)29-3)10-7-11-25(22)21(27)30-14-15-8-5-4-6-9-15/h4-6,8-9,12-13H,7,10-11,14H2,1-3H3,(H,24,26). The van der Waals surface area contributed by atoms with Gasteiger partial charge < -0.3 is 19.5 Å². The molecule has 3 rings (SSSR count).